The highest BCUT2D eigenvalue weighted by molar-refractivity contribution is 8.29. The molecule has 0 aliphatic carbocycles. The van der Waals surface area contributed by atoms with Gasteiger partial charge in [-0.3, -0.25) is 29.0 Å². The molecule has 0 bridgehead atoms. The lowest BCUT2D eigenvalue weighted by molar-refractivity contribution is -0.132. The Morgan fingerprint density at radius 2 is 0.947 bits per heavy atom. The third kappa shape index (κ3) is 7.37. The van der Waals surface area contributed by atoms with Crippen LogP contribution < -0.4 is 0 Å². The van der Waals surface area contributed by atoms with E-state index in [0.29, 0.717) is 57.2 Å². The fourth-order valence-electron chi connectivity index (χ4n) is 5.19. The Kier molecular flexibility index (Phi) is 11.0. The van der Waals surface area contributed by atoms with Crippen molar-refractivity contribution in [1.82, 2.24) is 19.6 Å². The number of thiocarbonyl (C=S) groups is 2. The molecular weight excluding hydrogens is 561 g/mol. The molecule has 4 aliphatic rings. The topological polar surface area (TPSA) is 81.2 Å². The van der Waals surface area contributed by atoms with Gasteiger partial charge in [-0.15, -0.1) is 0 Å². The molecule has 38 heavy (non-hydrogen) atoms. The first-order valence-electron chi connectivity index (χ1n) is 13.7. The number of nitrogens with zero attached hydrogens (tertiary/aromatic N) is 4. The van der Waals surface area contributed by atoms with Gasteiger partial charge in [0.2, 0.25) is 11.8 Å². The van der Waals surface area contributed by atoms with Crippen molar-refractivity contribution in [3.8, 4) is 0 Å². The molecule has 0 aromatic rings. The molecule has 4 saturated heterocycles. The summed E-state index contributed by atoms with van der Waals surface area (Å²) in [6, 6.07) is 0. The average Bonchev–Trinajstić information content (AvgIpc) is 3.19. The smallest absolute Gasteiger partial charge is 0.267 e. The number of carbonyl (C=O) groups is 4. The molecule has 0 aromatic heterocycles. The largest absolute Gasteiger partial charge is 0.343 e. The Morgan fingerprint density at radius 1 is 0.605 bits per heavy atom. The third-order valence-corrected chi connectivity index (χ3v) is 10.4. The Balaban J connectivity index is 1.28. The standard InChI is InChI=1S/C26H36N4O4S4/c31-19(27-13-5-1-2-6-14-27)11-9-17-29-23(33)21(37-25(29)35)22-24(34)30(26(36)38-22)18-10-12-20(32)28-15-7-3-4-8-16-28/h1-18H2. The highest BCUT2D eigenvalue weighted by Crippen LogP contribution is 2.42. The van der Waals surface area contributed by atoms with Gasteiger partial charge in [-0.25, -0.2) is 0 Å². The molecule has 0 spiro atoms. The van der Waals surface area contributed by atoms with E-state index in [2.05, 4.69) is 0 Å². The summed E-state index contributed by atoms with van der Waals surface area (Å²) >= 11 is 13.2. The van der Waals surface area contributed by atoms with E-state index >= 15 is 0 Å². The van der Waals surface area contributed by atoms with Crippen LogP contribution in [0.5, 0.6) is 0 Å². The molecule has 8 nitrogen and oxygen atoms in total. The van der Waals surface area contributed by atoms with Crippen molar-refractivity contribution in [2.24, 2.45) is 0 Å². The Bertz CT molecular complexity index is 923. The van der Waals surface area contributed by atoms with Gasteiger partial charge >= 0.3 is 0 Å². The minimum absolute atomic E-state index is 0.132. The van der Waals surface area contributed by atoms with E-state index < -0.39 is 0 Å². The van der Waals surface area contributed by atoms with E-state index in [4.69, 9.17) is 24.4 Å². The highest BCUT2D eigenvalue weighted by atomic mass is 32.2. The molecule has 0 atom stereocenters. The summed E-state index contributed by atoms with van der Waals surface area (Å²) in [6.45, 7) is 3.96. The lowest BCUT2D eigenvalue weighted by Gasteiger charge is -2.21. The van der Waals surface area contributed by atoms with Crippen LogP contribution in [-0.2, 0) is 19.2 Å². The second-order valence-corrected chi connectivity index (χ2v) is 13.4. The quantitative estimate of drug-likeness (QED) is 0.303. The van der Waals surface area contributed by atoms with Gasteiger partial charge in [0, 0.05) is 52.1 Å². The van der Waals surface area contributed by atoms with E-state index in [0.717, 1.165) is 75.4 Å². The summed E-state index contributed by atoms with van der Waals surface area (Å²) in [7, 11) is 0. The maximum atomic E-state index is 13.2. The monoisotopic (exact) mass is 596 g/mol. The van der Waals surface area contributed by atoms with Crippen LogP contribution in [0.15, 0.2) is 9.81 Å². The van der Waals surface area contributed by atoms with Gasteiger partial charge in [-0.2, -0.15) is 0 Å². The van der Waals surface area contributed by atoms with Crippen LogP contribution in [0.4, 0.5) is 0 Å². The van der Waals surface area contributed by atoms with Crippen molar-refractivity contribution in [2.75, 3.05) is 39.3 Å². The van der Waals surface area contributed by atoms with Gasteiger partial charge in [0.05, 0.1) is 9.81 Å². The van der Waals surface area contributed by atoms with Gasteiger partial charge in [-0.1, -0.05) is 73.6 Å². The van der Waals surface area contributed by atoms with Gasteiger partial charge in [0.15, 0.2) is 0 Å². The minimum atomic E-state index is -0.293. The third-order valence-electron chi connectivity index (χ3n) is 7.37. The van der Waals surface area contributed by atoms with Crippen LogP contribution in [-0.4, -0.2) is 91.1 Å². The predicted molar refractivity (Wildman–Crippen MR) is 159 cm³/mol. The fourth-order valence-corrected chi connectivity index (χ4v) is 7.96. The minimum Gasteiger partial charge on any atom is -0.343 e. The zero-order valence-electron chi connectivity index (χ0n) is 21.8. The first-order valence-corrected chi connectivity index (χ1v) is 16.2. The van der Waals surface area contributed by atoms with E-state index in [1.54, 1.807) is 0 Å². The zero-order valence-corrected chi connectivity index (χ0v) is 25.0. The van der Waals surface area contributed by atoms with Gasteiger partial charge in [-0.05, 0) is 38.5 Å². The van der Waals surface area contributed by atoms with Gasteiger partial charge in [0.25, 0.3) is 11.8 Å². The number of hydrogen-bond acceptors (Lipinski definition) is 8. The Hall–Kier alpha value is -1.50. The molecule has 0 N–H and O–H groups in total. The summed E-state index contributed by atoms with van der Waals surface area (Å²) < 4.78 is 0.807. The summed E-state index contributed by atoms with van der Waals surface area (Å²) in [5, 5.41) is 0. The maximum absolute atomic E-state index is 13.2. The Morgan fingerprint density at radius 3 is 1.29 bits per heavy atom. The average molecular weight is 597 g/mol. The molecule has 4 fully saturated rings. The van der Waals surface area contributed by atoms with E-state index in [9.17, 15) is 19.2 Å². The van der Waals surface area contributed by atoms with Crippen molar-refractivity contribution in [3.05, 3.63) is 9.81 Å². The summed E-state index contributed by atoms with van der Waals surface area (Å²) in [4.78, 5) is 59.0. The predicted octanol–water partition coefficient (Wildman–Crippen LogP) is 4.28. The van der Waals surface area contributed by atoms with Crippen LogP contribution in [0.25, 0.3) is 0 Å². The van der Waals surface area contributed by atoms with Gasteiger partial charge in [0.1, 0.15) is 8.64 Å². The molecule has 208 valence electrons. The van der Waals surface area contributed by atoms with Crippen LogP contribution in [0.3, 0.4) is 0 Å². The van der Waals surface area contributed by atoms with Crippen molar-refractivity contribution in [2.45, 2.75) is 77.0 Å². The highest BCUT2D eigenvalue weighted by Gasteiger charge is 2.41. The molecule has 4 aliphatic heterocycles. The Labute approximate surface area is 244 Å². The van der Waals surface area contributed by atoms with Crippen molar-refractivity contribution in [3.63, 3.8) is 0 Å². The molecule has 4 heterocycles. The maximum Gasteiger partial charge on any atom is 0.267 e. The summed E-state index contributed by atoms with van der Waals surface area (Å²) in [5.41, 5.74) is 0. The molecule has 0 unspecified atom stereocenters. The van der Waals surface area contributed by atoms with Crippen LogP contribution >= 0.6 is 48.0 Å². The first kappa shape index (κ1) is 29.5. The summed E-state index contributed by atoms with van der Waals surface area (Å²) in [5.74, 6) is -0.321. The first-order chi connectivity index (χ1) is 18.4. The van der Waals surface area contributed by atoms with E-state index in [-0.39, 0.29) is 23.6 Å². The molecule has 0 saturated carbocycles. The fraction of sp³-hybridized carbons (Fsp3) is 0.692. The van der Waals surface area contributed by atoms with E-state index in [1.165, 1.54) is 35.5 Å². The normalized spacial score (nSPS) is 23.4. The molecule has 12 heteroatoms. The zero-order chi connectivity index (χ0) is 27.1. The lowest BCUT2D eigenvalue weighted by atomic mass is 10.2. The van der Waals surface area contributed by atoms with Crippen LogP contribution in [0, 0.1) is 0 Å². The van der Waals surface area contributed by atoms with Gasteiger partial charge < -0.3 is 9.80 Å². The number of thioether (sulfide) groups is 2. The number of hydrogen-bond donors (Lipinski definition) is 0. The number of likely N-dealkylation sites (tertiary alicyclic amines) is 2. The van der Waals surface area contributed by atoms with Crippen LogP contribution in [0.1, 0.15) is 77.0 Å². The SMILES string of the molecule is O=C(CCCN1C(=O)C(=C2SC(=S)N(CCCC(=O)N3CCCCCC3)C2=O)SC1=S)N1CCCCCC1. The van der Waals surface area contributed by atoms with Crippen molar-refractivity contribution < 1.29 is 19.2 Å². The molecule has 4 amide bonds. The molecular formula is C26H36N4O4S4. The second-order valence-electron chi connectivity index (χ2n) is 10.1. The molecule has 4 rings (SSSR count). The second kappa shape index (κ2) is 14.2. The summed E-state index contributed by atoms with van der Waals surface area (Å²) in [6.07, 6.45) is 10.7. The molecule has 0 radical (unpaired) electrons. The van der Waals surface area contributed by atoms with Crippen molar-refractivity contribution in [1.29, 1.82) is 0 Å². The number of rotatable bonds is 8. The van der Waals surface area contributed by atoms with E-state index in [1.807, 2.05) is 9.80 Å². The number of amides is 4. The van der Waals surface area contributed by atoms with Crippen LogP contribution in [0.2, 0.25) is 0 Å². The van der Waals surface area contributed by atoms with Crippen molar-refractivity contribution >= 4 is 80.2 Å². The molecule has 0 aromatic carbocycles. The number of carbonyl (C=O) groups excluding carboxylic acids is 4. The lowest BCUT2D eigenvalue weighted by Crippen LogP contribution is -2.34.